The molecule has 0 amide bonds. The summed E-state index contributed by atoms with van der Waals surface area (Å²) in [5.74, 6) is 0.872. The second-order valence-electron chi connectivity index (χ2n) is 4.20. The molecule has 0 spiro atoms. The van der Waals surface area contributed by atoms with Crippen LogP contribution >= 0.6 is 0 Å². The summed E-state index contributed by atoms with van der Waals surface area (Å²) < 4.78 is 5.14. The quantitative estimate of drug-likeness (QED) is 0.765. The third-order valence-electron chi connectivity index (χ3n) is 3.00. The maximum atomic E-state index is 9.55. The van der Waals surface area contributed by atoms with E-state index >= 15 is 0 Å². The first-order valence-electron chi connectivity index (χ1n) is 6.26. The van der Waals surface area contributed by atoms with Gasteiger partial charge in [0.1, 0.15) is 5.75 Å². The fourth-order valence-electron chi connectivity index (χ4n) is 1.76. The van der Waals surface area contributed by atoms with E-state index in [0.717, 1.165) is 18.6 Å². The molecule has 3 nitrogen and oxygen atoms in total. The maximum Gasteiger partial charge on any atom is 0.118 e. The predicted molar refractivity (Wildman–Crippen MR) is 70.3 cm³/mol. The Balaban J connectivity index is 2.59. The number of benzene rings is 1. The van der Waals surface area contributed by atoms with Crippen LogP contribution in [0, 0.1) is 0 Å². The van der Waals surface area contributed by atoms with Crippen LogP contribution in [0.4, 0.5) is 0 Å². The molecule has 0 heterocycles. The molecule has 1 aromatic rings. The molecule has 1 unspecified atom stereocenters. The number of rotatable bonds is 7. The largest absolute Gasteiger partial charge is 0.497 e. The SMILES string of the molecule is CCC(NC[C@H](O)CC)c1ccc(OC)cc1. The van der Waals surface area contributed by atoms with Gasteiger partial charge in [-0.1, -0.05) is 26.0 Å². The molecule has 0 aliphatic carbocycles. The number of aliphatic hydroxyl groups excluding tert-OH is 1. The number of nitrogens with one attached hydrogen (secondary N) is 1. The first kappa shape index (κ1) is 14.0. The molecule has 0 aliphatic rings. The van der Waals surface area contributed by atoms with E-state index < -0.39 is 0 Å². The number of hydrogen-bond donors (Lipinski definition) is 2. The Kier molecular flexibility index (Phi) is 6.01. The van der Waals surface area contributed by atoms with Crippen LogP contribution in [0.1, 0.15) is 38.3 Å². The fraction of sp³-hybridized carbons (Fsp3) is 0.571. The Bertz CT molecular complexity index is 311. The fourth-order valence-corrected chi connectivity index (χ4v) is 1.76. The molecule has 96 valence electrons. The van der Waals surface area contributed by atoms with Crippen LogP contribution < -0.4 is 10.1 Å². The minimum atomic E-state index is -0.262. The summed E-state index contributed by atoms with van der Waals surface area (Å²) in [6, 6.07) is 8.37. The molecule has 0 saturated carbocycles. The van der Waals surface area contributed by atoms with Gasteiger partial charge in [0.05, 0.1) is 13.2 Å². The van der Waals surface area contributed by atoms with Crippen molar-refractivity contribution < 1.29 is 9.84 Å². The molecule has 2 N–H and O–H groups in total. The Hall–Kier alpha value is -1.06. The molecule has 17 heavy (non-hydrogen) atoms. The first-order valence-corrected chi connectivity index (χ1v) is 6.26. The van der Waals surface area contributed by atoms with Crippen LogP contribution in [0.3, 0.4) is 0 Å². The lowest BCUT2D eigenvalue weighted by atomic mass is 10.0. The predicted octanol–water partition coefficient (Wildman–Crippen LogP) is 2.51. The van der Waals surface area contributed by atoms with Crippen molar-refractivity contribution in [3.63, 3.8) is 0 Å². The highest BCUT2D eigenvalue weighted by Gasteiger charge is 2.10. The van der Waals surface area contributed by atoms with Gasteiger partial charge in [0, 0.05) is 12.6 Å². The summed E-state index contributed by atoms with van der Waals surface area (Å²) in [4.78, 5) is 0. The van der Waals surface area contributed by atoms with E-state index in [1.807, 2.05) is 19.1 Å². The average molecular weight is 237 g/mol. The summed E-state index contributed by atoms with van der Waals surface area (Å²) in [5.41, 5.74) is 1.23. The molecule has 0 aliphatic heterocycles. The molecule has 0 saturated heterocycles. The Morgan fingerprint density at radius 3 is 2.29 bits per heavy atom. The molecular weight excluding hydrogens is 214 g/mol. The molecule has 1 aromatic carbocycles. The second-order valence-corrected chi connectivity index (χ2v) is 4.20. The summed E-state index contributed by atoms with van der Waals surface area (Å²) >= 11 is 0. The van der Waals surface area contributed by atoms with Gasteiger partial charge in [-0.2, -0.15) is 0 Å². The average Bonchev–Trinajstić information content (AvgIpc) is 2.39. The van der Waals surface area contributed by atoms with Crippen LogP contribution in [0.25, 0.3) is 0 Å². The summed E-state index contributed by atoms with van der Waals surface area (Å²) in [6.45, 7) is 4.77. The van der Waals surface area contributed by atoms with Gasteiger partial charge in [0.25, 0.3) is 0 Å². The molecule has 0 fully saturated rings. The number of hydrogen-bond acceptors (Lipinski definition) is 3. The van der Waals surface area contributed by atoms with E-state index in [2.05, 4.69) is 24.4 Å². The molecule has 0 aromatic heterocycles. The lowest BCUT2D eigenvalue weighted by Gasteiger charge is -2.19. The van der Waals surface area contributed by atoms with Gasteiger partial charge in [-0.25, -0.2) is 0 Å². The number of aliphatic hydroxyl groups is 1. The zero-order valence-corrected chi connectivity index (χ0v) is 10.9. The van der Waals surface area contributed by atoms with Crippen molar-refractivity contribution in [2.45, 2.75) is 38.8 Å². The Labute approximate surface area is 104 Å². The van der Waals surface area contributed by atoms with Crippen LogP contribution in [-0.2, 0) is 0 Å². The van der Waals surface area contributed by atoms with Crippen LogP contribution in [0.5, 0.6) is 5.75 Å². The molecule has 0 radical (unpaired) electrons. The van der Waals surface area contributed by atoms with Gasteiger partial charge in [-0.3, -0.25) is 0 Å². The monoisotopic (exact) mass is 237 g/mol. The van der Waals surface area contributed by atoms with Gasteiger partial charge < -0.3 is 15.2 Å². The third kappa shape index (κ3) is 4.36. The van der Waals surface area contributed by atoms with Crippen molar-refractivity contribution >= 4 is 0 Å². The highest BCUT2D eigenvalue weighted by molar-refractivity contribution is 5.29. The van der Waals surface area contributed by atoms with Crippen molar-refractivity contribution in [1.29, 1.82) is 0 Å². The van der Waals surface area contributed by atoms with E-state index in [0.29, 0.717) is 12.6 Å². The molecule has 2 atom stereocenters. The van der Waals surface area contributed by atoms with E-state index in [-0.39, 0.29) is 6.10 Å². The number of ether oxygens (including phenoxy) is 1. The molecule has 0 bridgehead atoms. The highest BCUT2D eigenvalue weighted by atomic mass is 16.5. The molecular formula is C14H23NO2. The summed E-state index contributed by atoms with van der Waals surface area (Å²) in [7, 11) is 1.67. The Morgan fingerprint density at radius 1 is 1.18 bits per heavy atom. The lowest BCUT2D eigenvalue weighted by molar-refractivity contribution is 0.162. The van der Waals surface area contributed by atoms with Gasteiger partial charge in [-0.15, -0.1) is 0 Å². The zero-order valence-electron chi connectivity index (χ0n) is 10.9. The first-order chi connectivity index (χ1) is 8.21. The van der Waals surface area contributed by atoms with Gasteiger partial charge in [0.2, 0.25) is 0 Å². The van der Waals surface area contributed by atoms with Crippen molar-refractivity contribution in [2.75, 3.05) is 13.7 Å². The van der Waals surface area contributed by atoms with Crippen LogP contribution in [0.2, 0.25) is 0 Å². The smallest absolute Gasteiger partial charge is 0.118 e. The Morgan fingerprint density at radius 2 is 1.82 bits per heavy atom. The normalized spacial score (nSPS) is 14.4. The topological polar surface area (TPSA) is 41.5 Å². The van der Waals surface area contributed by atoms with E-state index in [9.17, 15) is 5.11 Å². The minimum Gasteiger partial charge on any atom is -0.497 e. The lowest BCUT2D eigenvalue weighted by Crippen LogP contribution is -2.29. The second kappa shape index (κ2) is 7.30. The van der Waals surface area contributed by atoms with E-state index in [1.165, 1.54) is 5.56 Å². The van der Waals surface area contributed by atoms with Crippen molar-refractivity contribution in [3.8, 4) is 5.75 Å². The summed E-state index contributed by atoms with van der Waals surface area (Å²) in [6.07, 6.45) is 1.52. The number of methoxy groups -OCH3 is 1. The van der Waals surface area contributed by atoms with Crippen LogP contribution in [-0.4, -0.2) is 24.9 Å². The summed E-state index contributed by atoms with van der Waals surface area (Å²) in [5, 5.41) is 12.9. The highest BCUT2D eigenvalue weighted by Crippen LogP contribution is 2.19. The molecule has 1 rings (SSSR count). The minimum absolute atomic E-state index is 0.262. The van der Waals surface area contributed by atoms with Crippen molar-refractivity contribution in [2.24, 2.45) is 0 Å². The maximum absolute atomic E-state index is 9.55. The van der Waals surface area contributed by atoms with Crippen molar-refractivity contribution in [1.82, 2.24) is 5.32 Å². The van der Waals surface area contributed by atoms with E-state index in [4.69, 9.17) is 4.74 Å². The van der Waals surface area contributed by atoms with Crippen LogP contribution in [0.15, 0.2) is 24.3 Å². The van der Waals surface area contributed by atoms with E-state index in [1.54, 1.807) is 7.11 Å². The third-order valence-corrected chi connectivity index (χ3v) is 3.00. The standard InChI is InChI=1S/C14H23NO2/c1-4-12(16)10-15-14(5-2)11-6-8-13(17-3)9-7-11/h6-9,12,14-16H,4-5,10H2,1-3H3/t12-,14?/m1/s1. The molecule has 3 heteroatoms. The van der Waals surface area contributed by atoms with Crippen molar-refractivity contribution in [3.05, 3.63) is 29.8 Å². The van der Waals surface area contributed by atoms with Gasteiger partial charge in [0.15, 0.2) is 0 Å². The zero-order chi connectivity index (χ0) is 12.7. The van der Waals surface area contributed by atoms with Gasteiger partial charge >= 0.3 is 0 Å². The van der Waals surface area contributed by atoms with Gasteiger partial charge in [-0.05, 0) is 30.5 Å².